The van der Waals surface area contributed by atoms with Crippen LogP contribution in [0.5, 0.6) is 0 Å². The average molecular weight is 526 g/mol. The number of carbonyl (C=O) groups is 2. The zero-order valence-electron chi connectivity index (χ0n) is 19.9. The van der Waals surface area contributed by atoms with Gasteiger partial charge in [0.1, 0.15) is 36.6 Å². The van der Waals surface area contributed by atoms with Gasteiger partial charge in [0.2, 0.25) is 12.2 Å². The first-order chi connectivity index (χ1) is 17.7. The van der Waals surface area contributed by atoms with Crippen LogP contribution in [-0.4, -0.2) is 99.8 Å². The van der Waals surface area contributed by atoms with Crippen molar-refractivity contribution in [1.82, 2.24) is 20.2 Å². The molecule has 6 N–H and O–H groups in total. The van der Waals surface area contributed by atoms with Gasteiger partial charge in [-0.25, -0.2) is 4.79 Å². The molecule has 2 saturated heterocycles. The van der Waals surface area contributed by atoms with E-state index in [1.807, 2.05) is 0 Å². The lowest BCUT2D eigenvalue weighted by Gasteiger charge is -2.32. The Bertz CT molecular complexity index is 1130. The second kappa shape index (κ2) is 11.5. The molecule has 0 aliphatic carbocycles. The summed E-state index contributed by atoms with van der Waals surface area (Å²) < 4.78 is 23.1. The zero-order chi connectivity index (χ0) is 26.7. The molecule has 8 atom stereocenters. The molecule has 4 heterocycles. The third-order valence-corrected chi connectivity index (χ3v) is 6.39. The molecule has 37 heavy (non-hydrogen) atoms. The molecule has 2 amide bonds. The van der Waals surface area contributed by atoms with Gasteiger partial charge in [0, 0.05) is 25.9 Å². The molecular weight excluding hydrogens is 496 g/mol. The van der Waals surface area contributed by atoms with Crippen LogP contribution in [0.1, 0.15) is 25.5 Å². The Hall–Kier alpha value is -3.08. The van der Waals surface area contributed by atoms with Gasteiger partial charge in [-0.2, -0.15) is 0 Å². The maximum Gasteiger partial charge on any atom is 0.330 e. The van der Waals surface area contributed by atoms with Crippen molar-refractivity contribution in [3.8, 4) is 0 Å². The molecule has 0 bridgehead atoms. The Morgan fingerprint density at radius 2 is 2.00 bits per heavy atom. The summed E-state index contributed by atoms with van der Waals surface area (Å²) in [4.78, 5) is 50.5. The van der Waals surface area contributed by atoms with E-state index in [-0.39, 0.29) is 18.3 Å². The fourth-order valence-corrected chi connectivity index (χ4v) is 4.37. The number of ether oxygens (including phenoxy) is 4. The summed E-state index contributed by atoms with van der Waals surface area (Å²) in [5, 5.41) is 36.5. The summed E-state index contributed by atoms with van der Waals surface area (Å²) in [6, 6.07) is 0.336. The highest BCUT2D eigenvalue weighted by Gasteiger charge is 2.46. The van der Waals surface area contributed by atoms with Gasteiger partial charge in [0.15, 0.2) is 12.0 Å². The summed E-state index contributed by atoms with van der Waals surface area (Å²) >= 11 is 0. The van der Waals surface area contributed by atoms with Crippen molar-refractivity contribution in [2.45, 2.75) is 68.3 Å². The number of nitrogens with zero attached hydrogens (tertiary/aromatic N) is 1. The number of nitrogens with one attached hydrogen (secondary N) is 3. The number of hydrogen-bond acceptors (Lipinski definition) is 11. The summed E-state index contributed by atoms with van der Waals surface area (Å²) in [6.07, 6.45) is -4.92. The van der Waals surface area contributed by atoms with Crippen LogP contribution < -0.4 is 21.9 Å². The highest BCUT2D eigenvalue weighted by Crippen LogP contribution is 2.31. The Kier molecular flexibility index (Phi) is 8.41. The molecule has 0 saturated carbocycles. The van der Waals surface area contributed by atoms with Gasteiger partial charge in [0.05, 0.1) is 6.61 Å². The van der Waals surface area contributed by atoms with Crippen LogP contribution in [0.4, 0.5) is 0 Å². The number of amides is 2. The van der Waals surface area contributed by atoms with Crippen molar-refractivity contribution in [3.63, 3.8) is 0 Å². The van der Waals surface area contributed by atoms with Crippen LogP contribution in [-0.2, 0) is 28.5 Å². The van der Waals surface area contributed by atoms with Gasteiger partial charge in [-0.3, -0.25) is 23.9 Å². The Balaban J connectivity index is 1.40. The van der Waals surface area contributed by atoms with Crippen molar-refractivity contribution in [1.29, 1.82) is 0 Å². The molecule has 0 aromatic carbocycles. The molecule has 15 nitrogen and oxygen atoms in total. The third-order valence-electron chi connectivity index (χ3n) is 6.39. The molecule has 0 radical (unpaired) electrons. The van der Waals surface area contributed by atoms with E-state index < -0.39 is 66.2 Å². The van der Waals surface area contributed by atoms with Crippen LogP contribution in [0.25, 0.3) is 0 Å². The fourth-order valence-electron chi connectivity index (χ4n) is 4.37. The maximum atomic E-state index is 12.7. The standard InChI is InChI=1S/C22H30N4O11/c1-34-17-16(30)13(36-20(17)26-7-5-14(28)25-22(26)33)9-35-21-15(29)11(27)8-12(37-21)19(32)24-10-4-2-3-6-23-18(10)31/h5,7-8,10-11,13,15-17,20-21,27,29-30H,2-4,6,9H2,1H3,(H,23,31)(H,24,32)(H,25,28,33)/t10-,11-,13+,15-,16+,17+,20+,21-/m0/s1. The van der Waals surface area contributed by atoms with E-state index in [4.69, 9.17) is 18.9 Å². The quantitative estimate of drug-likeness (QED) is 0.206. The molecule has 1 aromatic rings. The molecular formula is C22H30N4O11. The Labute approximate surface area is 210 Å². The predicted octanol–water partition coefficient (Wildman–Crippen LogP) is -3.43. The Morgan fingerprint density at radius 1 is 1.22 bits per heavy atom. The van der Waals surface area contributed by atoms with Crippen molar-refractivity contribution in [3.05, 3.63) is 44.9 Å². The molecule has 204 valence electrons. The minimum absolute atomic E-state index is 0.327. The van der Waals surface area contributed by atoms with Crippen molar-refractivity contribution < 1.29 is 43.9 Å². The molecule has 1 aromatic heterocycles. The van der Waals surface area contributed by atoms with E-state index in [1.165, 1.54) is 13.3 Å². The van der Waals surface area contributed by atoms with E-state index in [0.29, 0.717) is 13.0 Å². The first-order valence-corrected chi connectivity index (χ1v) is 11.8. The maximum absolute atomic E-state index is 12.7. The highest BCUT2D eigenvalue weighted by molar-refractivity contribution is 5.95. The van der Waals surface area contributed by atoms with Crippen molar-refractivity contribution in [2.24, 2.45) is 0 Å². The highest BCUT2D eigenvalue weighted by atomic mass is 16.7. The predicted molar refractivity (Wildman–Crippen MR) is 122 cm³/mol. The molecule has 3 aliphatic rings. The monoisotopic (exact) mass is 526 g/mol. The molecule has 15 heteroatoms. The van der Waals surface area contributed by atoms with E-state index in [9.17, 15) is 34.5 Å². The van der Waals surface area contributed by atoms with Crippen molar-refractivity contribution >= 4 is 11.8 Å². The summed E-state index contributed by atoms with van der Waals surface area (Å²) in [7, 11) is 1.30. The van der Waals surface area contributed by atoms with Gasteiger partial charge in [0.25, 0.3) is 11.5 Å². The number of methoxy groups -OCH3 is 1. The number of H-pyrrole nitrogens is 1. The van der Waals surface area contributed by atoms with Gasteiger partial charge in [-0.15, -0.1) is 0 Å². The van der Waals surface area contributed by atoms with E-state index in [0.717, 1.165) is 29.6 Å². The Morgan fingerprint density at radius 3 is 2.73 bits per heavy atom. The molecule has 0 unspecified atom stereocenters. The summed E-state index contributed by atoms with van der Waals surface area (Å²) in [5.74, 6) is -1.44. The van der Waals surface area contributed by atoms with E-state index >= 15 is 0 Å². The number of carbonyl (C=O) groups excluding carboxylic acids is 2. The molecule has 2 fully saturated rings. The minimum atomic E-state index is -1.58. The van der Waals surface area contributed by atoms with Crippen LogP contribution in [0, 0.1) is 0 Å². The topological polar surface area (TPSA) is 211 Å². The number of aromatic amines is 1. The van der Waals surface area contributed by atoms with Gasteiger partial charge in [-0.05, 0) is 25.3 Å². The second-order valence-electron chi connectivity index (χ2n) is 8.92. The minimum Gasteiger partial charge on any atom is -0.456 e. The SMILES string of the molecule is CO[C@@H]1[C@H](O)[C@@H](CO[C@H]2OC(C(=O)N[C@H]3CCCCNC3=O)=C[C@H](O)[C@@H]2O)O[C@H]1n1ccc(=O)[nH]c1=O. The molecule has 3 aliphatic heterocycles. The first-order valence-electron chi connectivity index (χ1n) is 11.8. The van der Waals surface area contributed by atoms with E-state index in [1.54, 1.807) is 0 Å². The lowest BCUT2D eigenvalue weighted by atomic mass is 10.1. The second-order valence-corrected chi connectivity index (χ2v) is 8.92. The third kappa shape index (κ3) is 5.92. The average Bonchev–Trinajstić information content (AvgIpc) is 3.03. The van der Waals surface area contributed by atoms with Crippen LogP contribution in [0.15, 0.2) is 33.7 Å². The van der Waals surface area contributed by atoms with E-state index in [2.05, 4.69) is 15.6 Å². The molecule has 4 rings (SSSR count). The summed E-state index contributed by atoms with van der Waals surface area (Å²) in [6.45, 7) is 0.131. The number of aliphatic hydroxyl groups is 3. The van der Waals surface area contributed by atoms with Crippen LogP contribution in [0.2, 0.25) is 0 Å². The fraction of sp³-hybridized carbons (Fsp3) is 0.636. The summed E-state index contributed by atoms with van der Waals surface area (Å²) in [5.41, 5.74) is -1.38. The van der Waals surface area contributed by atoms with Gasteiger partial charge >= 0.3 is 5.69 Å². The normalized spacial score (nSPS) is 34.2. The van der Waals surface area contributed by atoms with Crippen LogP contribution >= 0.6 is 0 Å². The number of aliphatic hydroxyl groups excluding tert-OH is 3. The lowest BCUT2D eigenvalue weighted by Crippen LogP contribution is -2.50. The molecule has 0 spiro atoms. The van der Waals surface area contributed by atoms with Crippen molar-refractivity contribution in [2.75, 3.05) is 20.3 Å². The zero-order valence-corrected chi connectivity index (χ0v) is 19.9. The largest absolute Gasteiger partial charge is 0.456 e. The van der Waals surface area contributed by atoms with Crippen LogP contribution in [0.3, 0.4) is 0 Å². The van der Waals surface area contributed by atoms with Gasteiger partial charge < -0.3 is 44.9 Å². The lowest BCUT2D eigenvalue weighted by molar-refractivity contribution is -0.218. The first kappa shape index (κ1) is 27.0. The number of aromatic nitrogens is 2. The number of rotatable bonds is 7. The number of hydrogen-bond donors (Lipinski definition) is 6. The smallest absolute Gasteiger partial charge is 0.330 e. The van der Waals surface area contributed by atoms with Gasteiger partial charge in [-0.1, -0.05) is 0 Å².